The number of benzene rings is 3. The number of hydrogen-bond acceptors (Lipinski definition) is 4. The van der Waals surface area contributed by atoms with Gasteiger partial charge < -0.3 is 9.97 Å². The number of aromatic amines is 2. The van der Waals surface area contributed by atoms with E-state index in [0.717, 1.165) is 0 Å². The molecule has 150 valence electrons. The molecular weight excluding hydrogens is 404 g/mol. The molecule has 0 aliphatic carbocycles. The minimum Gasteiger partial charge on any atom is -0.354 e. The third-order valence-corrected chi connectivity index (χ3v) is 6.58. The van der Waals surface area contributed by atoms with Gasteiger partial charge in [0.05, 0.1) is 26.8 Å². The Balaban J connectivity index is 2.02. The molecule has 5 aromatic rings. The van der Waals surface area contributed by atoms with Crippen molar-refractivity contribution >= 4 is 53.7 Å². The summed E-state index contributed by atoms with van der Waals surface area (Å²) in [6.45, 7) is 3.28. The second-order valence-corrected chi connectivity index (χ2v) is 8.83. The highest BCUT2D eigenvalue weighted by molar-refractivity contribution is 7.85. The lowest BCUT2D eigenvalue weighted by Crippen LogP contribution is -2.11. The van der Waals surface area contributed by atoms with Gasteiger partial charge in [0.1, 0.15) is 0 Å². The molecule has 0 unspecified atom stereocenters. The van der Waals surface area contributed by atoms with Crippen molar-refractivity contribution in [3.63, 3.8) is 0 Å². The maximum Gasteiger partial charge on any atom is 0.294 e. The maximum atomic E-state index is 13.3. The van der Waals surface area contributed by atoms with Crippen molar-refractivity contribution in [2.45, 2.75) is 18.7 Å². The molecule has 2 aromatic heterocycles. The van der Waals surface area contributed by atoms with Gasteiger partial charge in [-0.15, -0.1) is 0 Å². The molecule has 0 bridgehead atoms. The van der Waals surface area contributed by atoms with Crippen molar-refractivity contribution in [1.82, 2.24) is 9.97 Å². The van der Waals surface area contributed by atoms with Crippen molar-refractivity contribution in [2.75, 3.05) is 0 Å². The van der Waals surface area contributed by atoms with Crippen molar-refractivity contribution in [2.24, 2.45) is 0 Å². The van der Waals surface area contributed by atoms with Crippen LogP contribution in [0, 0.1) is 13.8 Å². The van der Waals surface area contributed by atoms with Gasteiger partial charge in [-0.2, -0.15) is 8.42 Å². The Morgan fingerprint density at radius 1 is 0.800 bits per heavy atom. The van der Waals surface area contributed by atoms with Crippen LogP contribution in [0.15, 0.2) is 56.9 Å². The van der Waals surface area contributed by atoms with E-state index in [9.17, 15) is 22.6 Å². The van der Waals surface area contributed by atoms with Gasteiger partial charge >= 0.3 is 0 Å². The first-order valence-corrected chi connectivity index (χ1v) is 10.6. The number of H-pyrrole nitrogens is 2. The van der Waals surface area contributed by atoms with E-state index in [1.54, 1.807) is 31.2 Å². The minimum absolute atomic E-state index is 0.136. The summed E-state index contributed by atoms with van der Waals surface area (Å²) in [5.74, 6) is 0. The second kappa shape index (κ2) is 6.01. The van der Waals surface area contributed by atoms with Crippen LogP contribution in [0.4, 0.5) is 0 Å². The summed E-state index contributed by atoms with van der Waals surface area (Å²) in [6, 6.07) is 11.5. The lowest BCUT2D eigenvalue weighted by molar-refractivity contribution is 0.482. The van der Waals surface area contributed by atoms with Crippen LogP contribution in [-0.2, 0) is 10.1 Å². The molecule has 3 aromatic carbocycles. The summed E-state index contributed by atoms with van der Waals surface area (Å²) < 4.78 is 32.8. The predicted molar refractivity (Wildman–Crippen MR) is 117 cm³/mol. The first kappa shape index (κ1) is 18.5. The monoisotopic (exact) mass is 420 g/mol. The van der Waals surface area contributed by atoms with Crippen molar-refractivity contribution in [3.05, 3.63) is 74.0 Å². The Labute approximate surface area is 169 Å². The van der Waals surface area contributed by atoms with Gasteiger partial charge in [-0.05, 0) is 55.3 Å². The Kier molecular flexibility index (Phi) is 3.71. The Morgan fingerprint density at radius 2 is 1.53 bits per heavy atom. The summed E-state index contributed by atoms with van der Waals surface area (Å²) in [6.07, 6.45) is 0. The minimum atomic E-state index is -4.47. The van der Waals surface area contributed by atoms with Gasteiger partial charge in [0.15, 0.2) is 10.9 Å². The highest BCUT2D eigenvalue weighted by atomic mass is 32.2. The van der Waals surface area contributed by atoms with E-state index < -0.39 is 10.1 Å². The second-order valence-electron chi connectivity index (χ2n) is 7.44. The largest absolute Gasteiger partial charge is 0.354 e. The standard InChI is InChI=1S/C22H16N2O5S/c1-10-7-16-13(9-18(10)30(27,28)29)22(26)19-11(2)20-14(8-17(19)23-16)21(25)12-5-3-4-6-15(12)24-20/h3-9H,1-2H3,(H,23,26)(H,24,25)(H,27,28,29). The number of para-hydroxylation sites is 1. The highest BCUT2D eigenvalue weighted by Gasteiger charge is 2.19. The number of aryl methyl sites for hydroxylation is 2. The van der Waals surface area contributed by atoms with Crippen molar-refractivity contribution < 1.29 is 13.0 Å². The first-order valence-electron chi connectivity index (χ1n) is 9.19. The Bertz CT molecular complexity index is 1780. The van der Waals surface area contributed by atoms with Crippen LogP contribution in [0.3, 0.4) is 0 Å². The summed E-state index contributed by atoms with van der Waals surface area (Å²) in [4.78, 5) is 32.4. The van der Waals surface area contributed by atoms with E-state index >= 15 is 0 Å². The molecule has 30 heavy (non-hydrogen) atoms. The SMILES string of the molecule is Cc1cc2[nH]c3cc4c(=O)c5ccccc5[nH]c4c(C)c3c(=O)c2cc1S(=O)(=O)O. The topological polar surface area (TPSA) is 120 Å². The average Bonchev–Trinajstić information content (AvgIpc) is 2.68. The van der Waals surface area contributed by atoms with Crippen LogP contribution in [-0.4, -0.2) is 22.9 Å². The van der Waals surface area contributed by atoms with E-state index in [1.165, 1.54) is 19.1 Å². The molecule has 0 radical (unpaired) electrons. The quantitative estimate of drug-likeness (QED) is 0.283. The van der Waals surface area contributed by atoms with E-state index in [0.29, 0.717) is 49.4 Å². The normalized spacial score (nSPS) is 12.4. The van der Waals surface area contributed by atoms with Crippen LogP contribution >= 0.6 is 0 Å². The molecule has 7 nitrogen and oxygen atoms in total. The van der Waals surface area contributed by atoms with Gasteiger partial charge in [-0.1, -0.05) is 12.1 Å². The van der Waals surface area contributed by atoms with Crippen LogP contribution in [0.1, 0.15) is 11.1 Å². The zero-order valence-corrected chi connectivity index (χ0v) is 16.8. The molecule has 3 N–H and O–H groups in total. The Hall–Kier alpha value is -3.49. The van der Waals surface area contributed by atoms with Gasteiger partial charge in [-0.3, -0.25) is 14.1 Å². The molecule has 2 heterocycles. The third kappa shape index (κ3) is 2.51. The molecule has 0 spiro atoms. The number of rotatable bonds is 1. The zero-order valence-electron chi connectivity index (χ0n) is 16.0. The molecular formula is C22H16N2O5S. The number of hydrogen-bond donors (Lipinski definition) is 3. The fraction of sp³-hybridized carbons (Fsp3) is 0.0909. The van der Waals surface area contributed by atoms with Crippen molar-refractivity contribution in [3.8, 4) is 0 Å². The maximum absolute atomic E-state index is 13.3. The van der Waals surface area contributed by atoms with Crippen LogP contribution in [0.25, 0.3) is 43.6 Å². The molecule has 0 amide bonds. The predicted octanol–water partition coefficient (Wildman–Crippen LogP) is 3.54. The van der Waals surface area contributed by atoms with Gasteiger partial charge in [-0.25, -0.2) is 0 Å². The molecule has 0 saturated heterocycles. The zero-order chi connectivity index (χ0) is 21.4. The Morgan fingerprint density at radius 3 is 2.27 bits per heavy atom. The average molecular weight is 420 g/mol. The molecule has 0 aliphatic rings. The lowest BCUT2D eigenvalue weighted by Gasteiger charge is -2.11. The van der Waals surface area contributed by atoms with Crippen LogP contribution in [0.5, 0.6) is 0 Å². The number of nitrogens with one attached hydrogen (secondary N) is 2. The van der Waals surface area contributed by atoms with Gasteiger partial charge in [0, 0.05) is 21.7 Å². The molecule has 0 aliphatic heterocycles. The number of pyridine rings is 2. The summed E-state index contributed by atoms with van der Waals surface area (Å²) in [5.41, 5.74) is 2.51. The van der Waals surface area contributed by atoms with E-state index in [2.05, 4.69) is 9.97 Å². The molecule has 0 saturated carbocycles. The molecule has 0 fully saturated rings. The molecule has 5 rings (SSSR count). The molecule has 0 atom stereocenters. The van der Waals surface area contributed by atoms with Gasteiger partial charge in [0.25, 0.3) is 10.1 Å². The first-order chi connectivity index (χ1) is 14.2. The highest BCUT2D eigenvalue weighted by Crippen LogP contribution is 2.27. The molecule has 8 heteroatoms. The third-order valence-electron chi connectivity index (χ3n) is 5.59. The summed E-state index contributed by atoms with van der Waals surface area (Å²) in [5, 5.41) is 1.51. The number of aromatic nitrogens is 2. The summed E-state index contributed by atoms with van der Waals surface area (Å²) >= 11 is 0. The van der Waals surface area contributed by atoms with Crippen LogP contribution in [0.2, 0.25) is 0 Å². The van der Waals surface area contributed by atoms with E-state index in [1.807, 2.05) is 6.07 Å². The van der Waals surface area contributed by atoms with Gasteiger partial charge in [0.2, 0.25) is 0 Å². The fourth-order valence-electron chi connectivity index (χ4n) is 4.16. The summed E-state index contributed by atoms with van der Waals surface area (Å²) in [7, 11) is -4.47. The fourth-order valence-corrected chi connectivity index (χ4v) is 4.89. The van der Waals surface area contributed by atoms with Crippen molar-refractivity contribution in [1.29, 1.82) is 0 Å². The van der Waals surface area contributed by atoms with E-state index in [-0.39, 0.29) is 21.1 Å². The lowest BCUT2D eigenvalue weighted by atomic mass is 10.00. The van der Waals surface area contributed by atoms with Crippen LogP contribution < -0.4 is 10.9 Å². The smallest absolute Gasteiger partial charge is 0.294 e. The number of fused-ring (bicyclic) bond motifs is 4. The van der Waals surface area contributed by atoms with E-state index in [4.69, 9.17) is 0 Å².